The Labute approximate surface area is 166 Å². The maximum absolute atomic E-state index is 12.3. The number of aromatic hydroxyl groups is 1. The van der Waals surface area contributed by atoms with Gasteiger partial charge in [-0.2, -0.15) is 0 Å². The van der Waals surface area contributed by atoms with Gasteiger partial charge in [-0.25, -0.2) is 0 Å². The number of thioether (sulfide) groups is 1. The maximum Gasteiger partial charge on any atom is 0.234 e. The highest BCUT2D eigenvalue weighted by atomic mass is 35.5. The number of hydrogen-bond donors (Lipinski definition) is 2. The number of aryl methyl sites for hydroxylation is 1. The van der Waals surface area contributed by atoms with Crippen LogP contribution in [0.1, 0.15) is 12.5 Å². The van der Waals surface area contributed by atoms with Crippen LogP contribution in [0.3, 0.4) is 0 Å². The number of anilines is 1. The van der Waals surface area contributed by atoms with E-state index in [1.54, 1.807) is 30.3 Å². The molecule has 0 spiro atoms. The molecule has 2 aromatic carbocycles. The number of amides is 1. The molecule has 140 valence electrons. The zero-order chi connectivity index (χ0) is 19.4. The summed E-state index contributed by atoms with van der Waals surface area (Å²) in [5.41, 5.74) is 2.24. The number of benzene rings is 2. The predicted molar refractivity (Wildman–Crippen MR) is 108 cm³/mol. The van der Waals surface area contributed by atoms with E-state index >= 15 is 0 Å². The summed E-state index contributed by atoms with van der Waals surface area (Å²) in [6, 6.07) is 12.3. The van der Waals surface area contributed by atoms with Crippen LogP contribution in [-0.2, 0) is 11.3 Å². The van der Waals surface area contributed by atoms with E-state index in [2.05, 4.69) is 15.5 Å². The quantitative estimate of drug-likeness (QED) is 0.598. The van der Waals surface area contributed by atoms with E-state index in [0.717, 1.165) is 5.56 Å². The molecule has 0 aliphatic carbocycles. The number of phenols is 1. The van der Waals surface area contributed by atoms with Crippen LogP contribution in [0.15, 0.2) is 47.6 Å². The zero-order valence-corrected chi connectivity index (χ0v) is 16.5. The minimum atomic E-state index is -0.153. The molecule has 2 N–H and O–H groups in total. The molecule has 0 saturated heterocycles. The Morgan fingerprint density at radius 2 is 2.04 bits per heavy atom. The van der Waals surface area contributed by atoms with Gasteiger partial charge in [0.1, 0.15) is 5.75 Å². The van der Waals surface area contributed by atoms with Crippen LogP contribution in [-0.4, -0.2) is 31.5 Å². The fourth-order valence-corrected chi connectivity index (χ4v) is 3.56. The largest absolute Gasteiger partial charge is 0.507 e. The second-order valence-electron chi connectivity index (χ2n) is 5.86. The first-order valence-electron chi connectivity index (χ1n) is 8.40. The summed E-state index contributed by atoms with van der Waals surface area (Å²) in [6.45, 7) is 4.49. The standard InChI is InChI=1S/C19H19ClN4O2S/c1-3-24-18(14-6-4-5-7-16(14)25)22-23-19(24)27-11-17(26)21-15-10-13(20)9-8-12(15)2/h4-10,25H,3,11H2,1-2H3,(H,21,26). The van der Waals surface area contributed by atoms with Gasteiger partial charge in [0.2, 0.25) is 5.91 Å². The Balaban J connectivity index is 1.72. The van der Waals surface area contributed by atoms with Crippen molar-refractivity contribution in [1.82, 2.24) is 14.8 Å². The van der Waals surface area contributed by atoms with Crippen molar-refractivity contribution in [2.75, 3.05) is 11.1 Å². The summed E-state index contributed by atoms with van der Waals surface area (Å²) in [5.74, 6) is 0.750. The number of hydrogen-bond acceptors (Lipinski definition) is 5. The topological polar surface area (TPSA) is 80.0 Å². The fraction of sp³-hybridized carbons (Fsp3) is 0.211. The predicted octanol–water partition coefficient (Wildman–Crippen LogP) is 4.36. The molecule has 0 bridgehead atoms. The third-order valence-electron chi connectivity index (χ3n) is 3.98. The van der Waals surface area contributed by atoms with Crippen LogP contribution >= 0.6 is 23.4 Å². The van der Waals surface area contributed by atoms with Gasteiger partial charge in [-0.15, -0.1) is 10.2 Å². The van der Waals surface area contributed by atoms with Crippen molar-refractivity contribution in [3.8, 4) is 17.1 Å². The lowest BCUT2D eigenvalue weighted by atomic mass is 10.2. The van der Waals surface area contributed by atoms with Gasteiger partial charge in [-0.05, 0) is 43.7 Å². The van der Waals surface area contributed by atoms with Crippen LogP contribution in [0.2, 0.25) is 5.02 Å². The zero-order valence-electron chi connectivity index (χ0n) is 14.9. The molecule has 1 aromatic heterocycles. The van der Waals surface area contributed by atoms with E-state index in [4.69, 9.17) is 11.6 Å². The monoisotopic (exact) mass is 402 g/mol. The van der Waals surface area contributed by atoms with E-state index in [9.17, 15) is 9.90 Å². The summed E-state index contributed by atoms with van der Waals surface area (Å²) in [4.78, 5) is 12.3. The van der Waals surface area contributed by atoms with Gasteiger partial charge in [-0.1, -0.05) is 41.6 Å². The van der Waals surface area contributed by atoms with Crippen molar-refractivity contribution >= 4 is 35.0 Å². The number of aromatic nitrogens is 3. The van der Waals surface area contributed by atoms with Crippen LogP contribution in [0.25, 0.3) is 11.4 Å². The average molecular weight is 403 g/mol. The highest BCUT2D eigenvalue weighted by molar-refractivity contribution is 7.99. The first kappa shape index (κ1) is 19.3. The van der Waals surface area contributed by atoms with Gasteiger partial charge < -0.3 is 15.0 Å². The molecular formula is C19H19ClN4O2S. The Kier molecular flexibility index (Phi) is 6.03. The third-order valence-corrected chi connectivity index (χ3v) is 5.19. The van der Waals surface area contributed by atoms with Crippen molar-refractivity contribution < 1.29 is 9.90 Å². The van der Waals surface area contributed by atoms with E-state index in [1.807, 2.05) is 30.5 Å². The van der Waals surface area contributed by atoms with Gasteiger partial charge in [0.25, 0.3) is 0 Å². The highest BCUT2D eigenvalue weighted by Crippen LogP contribution is 2.30. The van der Waals surface area contributed by atoms with Gasteiger partial charge in [-0.3, -0.25) is 4.79 Å². The Bertz CT molecular complexity index is 974. The molecule has 0 aliphatic rings. The molecule has 0 saturated carbocycles. The normalized spacial score (nSPS) is 10.8. The summed E-state index contributed by atoms with van der Waals surface area (Å²) in [5, 5.41) is 22.5. The maximum atomic E-state index is 12.3. The second-order valence-corrected chi connectivity index (χ2v) is 7.24. The van der Waals surface area contributed by atoms with Gasteiger partial charge >= 0.3 is 0 Å². The Morgan fingerprint density at radius 1 is 1.26 bits per heavy atom. The molecule has 3 aromatic rings. The molecule has 0 radical (unpaired) electrons. The van der Waals surface area contributed by atoms with Gasteiger partial charge in [0, 0.05) is 17.3 Å². The Hall–Kier alpha value is -2.51. The number of rotatable bonds is 6. The molecule has 27 heavy (non-hydrogen) atoms. The van der Waals surface area contributed by atoms with Crippen LogP contribution in [0.5, 0.6) is 5.75 Å². The summed E-state index contributed by atoms with van der Waals surface area (Å²) < 4.78 is 1.87. The second kappa shape index (κ2) is 8.45. The van der Waals surface area contributed by atoms with Crippen molar-refractivity contribution in [2.45, 2.75) is 25.5 Å². The van der Waals surface area contributed by atoms with E-state index in [1.165, 1.54) is 11.8 Å². The number of carbonyl (C=O) groups excluding carboxylic acids is 1. The highest BCUT2D eigenvalue weighted by Gasteiger charge is 2.17. The van der Waals surface area contributed by atoms with E-state index in [-0.39, 0.29) is 17.4 Å². The molecule has 8 heteroatoms. The summed E-state index contributed by atoms with van der Waals surface area (Å²) in [6.07, 6.45) is 0. The number of phenolic OH excluding ortho intramolecular Hbond substituents is 1. The SMILES string of the molecule is CCn1c(SCC(=O)Nc2cc(Cl)ccc2C)nnc1-c1ccccc1O. The molecule has 3 rings (SSSR count). The molecular weight excluding hydrogens is 384 g/mol. The molecule has 1 heterocycles. The van der Waals surface area contributed by atoms with E-state index in [0.29, 0.717) is 33.8 Å². The molecule has 0 unspecified atom stereocenters. The number of nitrogens with one attached hydrogen (secondary N) is 1. The molecule has 6 nitrogen and oxygen atoms in total. The van der Waals surface area contributed by atoms with Gasteiger partial charge in [0.05, 0.1) is 11.3 Å². The minimum absolute atomic E-state index is 0.144. The Morgan fingerprint density at radius 3 is 2.78 bits per heavy atom. The van der Waals surface area contributed by atoms with Crippen LogP contribution in [0.4, 0.5) is 5.69 Å². The molecule has 0 aliphatic heterocycles. The number of carbonyl (C=O) groups is 1. The van der Waals surface area contributed by atoms with Crippen molar-refractivity contribution in [1.29, 1.82) is 0 Å². The van der Waals surface area contributed by atoms with Gasteiger partial charge in [0.15, 0.2) is 11.0 Å². The lowest BCUT2D eigenvalue weighted by molar-refractivity contribution is -0.113. The number of para-hydroxylation sites is 1. The summed E-state index contributed by atoms with van der Waals surface area (Å²) in [7, 11) is 0. The summed E-state index contributed by atoms with van der Waals surface area (Å²) >= 11 is 7.28. The molecule has 0 fully saturated rings. The lowest BCUT2D eigenvalue weighted by Gasteiger charge is -2.10. The molecule has 0 atom stereocenters. The van der Waals surface area contributed by atoms with Crippen molar-refractivity contribution in [2.24, 2.45) is 0 Å². The first-order chi connectivity index (χ1) is 13.0. The van der Waals surface area contributed by atoms with Crippen molar-refractivity contribution in [3.63, 3.8) is 0 Å². The first-order valence-corrected chi connectivity index (χ1v) is 9.76. The number of nitrogens with zero attached hydrogens (tertiary/aromatic N) is 3. The minimum Gasteiger partial charge on any atom is -0.507 e. The van der Waals surface area contributed by atoms with Crippen LogP contribution in [0, 0.1) is 6.92 Å². The fourth-order valence-electron chi connectivity index (χ4n) is 2.59. The van der Waals surface area contributed by atoms with Crippen molar-refractivity contribution in [3.05, 3.63) is 53.1 Å². The smallest absolute Gasteiger partial charge is 0.234 e. The average Bonchev–Trinajstić information content (AvgIpc) is 3.06. The van der Waals surface area contributed by atoms with E-state index < -0.39 is 0 Å². The number of halogens is 1. The lowest BCUT2D eigenvalue weighted by Crippen LogP contribution is -2.15. The molecule has 1 amide bonds. The van der Waals surface area contributed by atoms with Crippen LogP contribution < -0.4 is 5.32 Å². The third kappa shape index (κ3) is 4.43.